The lowest BCUT2D eigenvalue weighted by Crippen LogP contribution is -2.47. The molecule has 0 bridgehead atoms. The summed E-state index contributed by atoms with van der Waals surface area (Å²) in [6.45, 7) is 2.76. The van der Waals surface area contributed by atoms with Gasteiger partial charge in [-0.25, -0.2) is 0 Å². The minimum absolute atomic E-state index is 0.00867. The van der Waals surface area contributed by atoms with Crippen LogP contribution in [0.2, 0.25) is 0 Å². The van der Waals surface area contributed by atoms with Crippen LogP contribution in [0, 0.1) is 0 Å². The summed E-state index contributed by atoms with van der Waals surface area (Å²) in [6, 6.07) is 10.8. The average molecular weight is 436 g/mol. The fraction of sp³-hybridized carbons (Fsp3) is 0.400. The summed E-state index contributed by atoms with van der Waals surface area (Å²) in [4.78, 5) is 27.4. The zero-order chi connectivity index (χ0) is 21.7. The Balaban J connectivity index is 1.89. The number of ether oxygens (including phenoxy) is 1. The summed E-state index contributed by atoms with van der Waals surface area (Å²) in [5.74, 6) is -0.309. The first kappa shape index (κ1) is 21.8. The second kappa shape index (κ2) is 9.31. The summed E-state index contributed by atoms with van der Waals surface area (Å²) >= 11 is 0. The van der Waals surface area contributed by atoms with E-state index in [1.807, 2.05) is 37.3 Å². The highest BCUT2D eigenvalue weighted by Crippen LogP contribution is 2.22. The van der Waals surface area contributed by atoms with Crippen LogP contribution >= 0.6 is 0 Å². The van der Waals surface area contributed by atoms with Gasteiger partial charge in [-0.3, -0.25) is 18.4 Å². The van der Waals surface area contributed by atoms with Crippen LogP contribution in [-0.4, -0.2) is 50.0 Å². The molecular formula is C20H25N3O6S. The normalized spacial score (nSPS) is 13.7. The van der Waals surface area contributed by atoms with Gasteiger partial charge in [-0.05, 0) is 25.3 Å². The molecule has 9 nitrogen and oxygen atoms in total. The first-order valence-electron chi connectivity index (χ1n) is 9.63. The quantitative estimate of drug-likeness (QED) is 0.467. The second-order valence-corrected chi connectivity index (χ2v) is 8.54. The second-order valence-electron chi connectivity index (χ2n) is 6.89. The molecule has 0 aliphatic carbocycles. The lowest BCUT2D eigenvalue weighted by molar-refractivity contribution is 0.0727. The Hall–Kier alpha value is -2.85. The summed E-state index contributed by atoms with van der Waals surface area (Å²) in [7, 11) is -3.53. The van der Waals surface area contributed by atoms with E-state index in [0.717, 1.165) is 11.8 Å². The van der Waals surface area contributed by atoms with E-state index in [-0.39, 0.29) is 37.2 Å². The fourth-order valence-corrected chi connectivity index (χ4v) is 3.59. The van der Waals surface area contributed by atoms with Crippen LogP contribution in [0.25, 0.3) is 0 Å². The SMILES string of the molecule is CCN1CNn2c(CCCOS(C)(=O)=O)cc(=O)c(OCc3ccccc3)c2C1=O. The van der Waals surface area contributed by atoms with Gasteiger partial charge in [0.15, 0.2) is 11.4 Å². The molecule has 1 aliphatic heterocycles. The van der Waals surface area contributed by atoms with Crippen molar-refractivity contribution in [3.05, 3.63) is 63.6 Å². The maximum Gasteiger partial charge on any atom is 0.277 e. The van der Waals surface area contributed by atoms with E-state index < -0.39 is 15.5 Å². The van der Waals surface area contributed by atoms with Crippen molar-refractivity contribution in [1.29, 1.82) is 0 Å². The first-order valence-corrected chi connectivity index (χ1v) is 11.4. The van der Waals surface area contributed by atoms with E-state index in [4.69, 9.17) is 8.92 Å². The molecule has 1 aliphatic rings. The van der Waals surface area contributed by atoms with Crippen molar-refractivity contribution in [2.24, 2.45) is 0 Å². The van der Waals surface area contributed by atoms with Gasteiger partial charge in [-0.2, -0.15) is 8.42 Å². The number of nitrogens with zero attached hydrogens (tertiary/aromatic N) is 2. The number of carbonyl (C=O) groups is 1. The Morgan fingerprint density at radius 1 is 1.17 bits per heavy atom. The molecule has 0 spiro atoms. The highest BCUT2D eigenvalue weighted by atomic mass is 32.2. The van der Waals surface area contributed by atoms with Crippen molar-refractivity contribution in [3.63, 3.8) is 0 Å². The zero-order valence-corrected chi connectivity index (χ0v) is 17.8. The predicted octanol–water partition coefficient (Wildman–Crippen LogP) is 1.31. The van der Waals surface area contributed by atoms with Crippen molar-refractivity contribution in [3.8, 4) is 5.75 Å². The molecule has 10 heteroatoms. The number of aromatic nitrogens is 1. The van der Waals surface area contributed by atoms with Crippen LogP contribution in [0.5, 0.6) is 5.75 Å². The van der Waals surface area contributed by atoms with Crippen LogP contribution < -0.4 is 15.6 Å². The van der Waals surface area contributed by atoms with E-state index in [1.165, 1.54) is 6.07 Å². The number of benzene rings is 1. The van der Waals surface area contributed by atoms with Crippen molar-refractivity contribution in [2.45, 2.75) is 26.4 Å². The number of hydrogen-bond acceptors (Lipinski definition) is 7. The van der Waals surface area contributed by atoms with Crippen LogP contribution in [-0.2, 0) is 27.3 Å². The van der Waals surface area contributed by atoms with Gasteiger partial charge in [0.2, 0.25) is 5.43 Å². The summed E-state index contributed by atoms with van der Waals surface area (Å²) < 4.78 is 34.3. The fourth-order valence-electron chi connectivity index (χ4n) is 3.17. The van der Waals surface area contributed by atoms with Gasteiger partial charge < -0.3 is 15.1 Å². The molecule has 0 saturated carbocycles. The summed E-state index contributed by atoms with van der Waals surface area (Å²) in [5, 5.41) is 0. The molecule has 162 valence electrons. The van der Waals surface area contributed by atoms with Crippen molar-refractivity contribution >= 4 is 16.0 Å². The summed E-state index contributed by atoms with van der Waals surface area (Å²) in [6.07, 6.45) is 1.70. The summed E-state index contributed by atoms with van der Waals surface area (Å²) in [5.41, 5.74) is 4.31. The lowest BCUT2D eigenvalue weighted by Gasteiger charge is -2.32. The van der Waals surface area contributed by atoms with Gasteiger partial charge in [0.05, 0.1) is 12.9 Å². The molecule has 0 fully saturated rings. The molecule has 2 heterocycles. The van der Waals surface area contributed by atoms with Gasteiger partial charge in [0.25, 0.3) is 16.0 Å². The highest BCUT2D eigenvalue weighted by Gasteiger charge is 2.30. The molecule has 30 heavy (non-hydrogen) atoms. The molecule has 2 aromatic rings. The van der Waals surface area contributed by atoms with Crippen LogP contribution in [0.3, 0.4) is 0 Å². The minimum atomic E-state index is -3.53. The Bertz CT molecular complexity index is 1070. The van der Waals surface area contributed by atoms with Gasteiger partial charge in [-0.15, -0.1) is 0 Å². The zero-order valence-electron chi connectivity index (χ0n) is 17.0. The van der Waals surface area contributed by atoms with Gasteiger partial charge in [0, 0.05) is 18.3 Å². The largest absolute Gasteiger partial charge is 0.482 e. The Morgan fingerprint density at radius 3 is 2.57 bits per heavy atom. The monoisotopic (exact) mass is 435 g/mol. The van der Waals surface area contributed by atoms with E-state index in [1.54, 1.807) is 9.58 Å². The van der Waals surface area contributed by atoms with E-state index >= 15 is 0 Å². The first-order chi connectivity index (χ1) is 14.3. The van der Waals surface area contributed by atoms with Crippen molar-refractivity contribution < 1.29 is 22.1 Å². The number of amides is 1. The maximum atomic E-state index is 13.0. The predicted molar refractivity (Wildman–Crippen MR) is 112 cm³/mol. The van der Waals surface area contributed by atoms with E-state index in [9.17, 15) is 18.0 Å². The van der Waals surface area contributed by atoms with Crippen LogP contribution in [0.4, 0.5) is 0 Å². The number of pyridine rings is 1. The maximum absolute atomic E-state index is 13.0. The van der Waals surface area contributed by atoms with E-state index in [2.05, 4.69) is 5.43 Å². The molecule has 0 radical (unpaired) electrons. The number of carbonyl (C=O) groups excluding carboxylic acids is 1. The Morgan fingerprint density at radius 2 is 1.90 bits per heavy atom. The molecule has 1 amide bonds. The lowest BCUT2D eigenvalue weighted by atomic mass is 10.1. The van der Waals surface area contributed by atoms with Crippen LogP contribution in [0.15, 0.2) is 41.2 Å². The molecule has 3 rings (SSSR count). The van der Waals surface area contributed by atoms with Crippen molar-refractivity contribution in [2.75, 3.05) is 31.5 Å². The molecular weight excluding hydrogens is 410 g/mol. The third-order valence-electron chi connectivity index (χ3n) is 4.64. The molecule has 1 N–H and O–H groups in total. The molecule has 0 saturated heterocycles. The molecule has 1 aromatic heterocycles. The number of fused-ring (bicyclic) bond motifs is 1. The smallest absolute Gasteiger partial charge is 0.277 e. The van der Waals surface area contributed by atoms with Crippen LogP contribution in [0.1, 0.15) is 35.1 Å². The van der Waals surface area contributed by atoms with Crippen molar-refractivity contribution in [1.82, 2.24) is 9.58 Å². The number of rotatable bonds is 9. The van der Waals surface area contributed by atoms with Gasteiger partial charge in [-0.1, -0.05) is 30.3 Å². The molecule has 0 unspecified atom stereocenters. The van der Waals surface area contributed by atoms with E-state index in [0.29, 0.717) is 25.1 Å². The highest BCUT2D eigenvalue weighted by molar-refractivity contribution is 7.85. The minimum Gasteiger partial charge on any atom is -0.482 e. The van der Waals surface area contributed by atoms with Gasteiger partial charge in [0.1, 0.15) is 13.3 Å². The number of nitrogens with one attached hydrogen (secondary N) is 1. The standard InChI is InChI=1S/C20H25N3O6S/c1-3-22-14-21-23-16(10-7-11-29-30(2,26)27)12-17(24)19(18(23)20(22)25)28-13-15-8-5-4-6-9-15/h4-6,8-9,12,21H,3,7,10-11,13-14H2,1-2H3. The number of hydrogen-bond donors (Lipinski definition) is 1. The Kier molecular flexibility index (Phi) is 6.78. The number of aryl methyl sites for hydroxylation is 1. The average Bonchev–Trinajstić information content (AvgIpc) is 2.71. The molecule has 0 atom stereocenters. The Labute approximate surface area is 175 Å². The molecule has 1 aromatic carbocycles. The third kappa shape index (κ3) is 5.19. The topological polar surface area (TPSA) is 107 Å². The third-order valence-corrected chi connectivity index (χ3v) is 5.23. The van der Waals surface area contributed by atoms with Gasteiger partial charge >= 0.3 is 0 Å².